The van der Waals surface area contributed by atoms with Gasteiger partial charge in [0.05, 0.1) is 0 Å². The van der Waals surface area contributed by atoms with E-state index in [1.807, 2.05) is 0 Å². The largest absolute Gasteiger partial charge is 0.439 e. The smallest absolute Gasteiger partial charge is 0.408 e. The third kappa shape index (κ3) is 3.71. The molecule has 5 nitrogen and oxygen atoms in total. The monoisotopic (exact) mass is 380 g/mol. The van der Waals surface area contributed by atoms with E-state index in [0.717, 1.165) is 6.42 Å². The molecule has 0 bridgehead atoms. The van der Waals surface area contributed by atoms with Crippen molar-refractivity contribution in [3.8, 4) is 11.8 Å². The second-order valence-corrected chi connectivity index (χ2v) is 8.02. The Bertz CT molecular complexity index is 979. The Balaban J connectivity index is 1.57. The number of pyridine rings is 1. The number of rotatable bonds is 3. The normalized spacial score (nSPS) is 25.9. The highest BCUT2D eigenvalue weighted by atomic mass is 19.1. The summed E-state index contributed by atoms with van der Waals surface area (Å²) in [5.41, 5.74) is 2.03. The molecule has 2 fully saturated rings. The molecule has 2 aromatic rings. The number of hydrogen-bond acceptors (Lipinski definition) is 4. The number of alkyl carbamates (subject to hydrolysis) is 1. The van der Waals surface area contributed by atoms with Crippen molar-refractivity contribution in [2.45, 2.75) is 38.5 Å². The number of carbonyl (C=O) groups excluding carboxylic acids is 1. The van der Waals surface area contributed by atoms with E-state index in [1.165, 1.54) is 12.1 Å². The number of aliphatic hydroxyl groups is 1. The first-order chi connectivity index (χ1) is 13.3. The van der Waals surface area contributed by atoms with Gasteiger partial charge in [0.2, 0.25) is 0 Å². The summed E-state index contributed by atoms with van der Waals surface area (Å²) in [7, 11) is 0. The predicted molar refractivity (Wildman–Crippen MR) is 101 cm³/mol. The molecule has 1 aromatic heterocycles. The maximum Gasteiger partial charge on any atom is 0.408 e. The minimum atomic E-state index is -0.673. The summed E-state index contributed by atoms with van der Waals surface area (Å²) in [4.78, 5) is 16.0. The van der Waals surface area contributed by atoms with Crippen LogP contribution in [0.3, 0.4) is 0 Å². The molecule has 0 spiro atoms. The van der Waals surface area contributed by atoms with Crippen molar-refractivity contribution < 1.29 is 19.0 Å². The lowest BCUT2D eigenvalue weighted by atomic mass is 9.97. The number of aliphatic hydroxyl groups excluding tert-OH is 1. The molecular formula is C22H21FN2O3. The Labute approximate surface area is 162 Å². The average molecular weight is 380 g/mol. The summed E-state index contributed by atoms with van der Waals surface area (Å²) in [5, 5.41) is 13.0. The molecule has 4 atom stereocenters. The molecule has 1 amide bonds. The first kappa shape index (κ1) is 18.5. The Kier molecular flexibility index (Phi) is 4.56. The maximum atomic E-state index is 13.6. The van der Waals surface area contributed by atoms with Gasteiger partial charge in [-0.15, -0.1) is 0 Å². The van der Waals surface area contributed by atoms with Crippen LogP contribution >= 0.6 is 0 Å². The molecule has 28 heavy (non-hydrogen) atoms. The van der Waals surface area contributed by atoms with Crippen LogP contribution in [0.5, 0.6) is 0 Å². The third-order valence-electron chi connectivity index (χ3n) is 5.44. The van der Waals surface area contributed by atoms with Gasteiger partial charge in [-0.1, -0.05) is 37.8 Å². The second-order valence-electron chi connectivity index (χ2n) is 8.02. The van der Waals surface area contributed by atoms with Crippen LogP contribution in [0.15, 0.2) is 42.7 Å². The molecule has 1 saturated carbocycles. The zero-order valence-electron chi connectivity index (χ0n) is 15.6. The number of halogens is 1. The van der Waals surface area contributed by atoms with E-state index < -0.39 is 30.2 Å². The van der Waals surface area contributed by atoms with Crippen LogP contribution in [-0.2, 0) is 4.74 Å². The average Bonchev–Trinajstić information content (AvgIpc) is 3.13. The molecule has 1 saturated heterocycles. The van der Waals surface area contributed by atoms with E-state index in [2.05, 4.69) is 36.0 Å². The number of aromatic nitrogens is 1. The molecule has 1 aliphatic heterocycles. The first-order valence-electron chi connectivity index (χ1n) is 9.21. The molecule has 2 unspecified atom stereocenters. The molecule has 144 valence electrons. The van der Waals surface area contributed by atoms with Crippen molar-refractivity contribution in [2.24, 2.45) is 11.3 Å². The SMILES string of the molecule is CC1(C)CC1C(O)C#Cc1cncc([C@H]2NC(=O)O[C@@H]2c2cccc(F)c2)c1. The van der Waals surface area contributed by atoms with E-state index in [0.29, 0.717) is 16.7 Å². The molecular weight excluding hydrogens is 359 g/mol. The number of ether oxygens (including phenoxy) is 1. The van der Waals surface area contributed by atoms with Crippen LogP contribution in [0.25, 0.3) is 0 Å². The topological polar surface area (TPSA) is 71.5 Å². The van der Waals surface area contributed by atoms with Crippen LogP contribution in [0.4, 0.5) is 9.18 Å². The quantitative estimate of drug-likeness (QED) is 0.800. The fourth-order valence-electron chi connectivity index (χ4n) is 3.62. The van der Waals surface area contributed by atoms with Crippen molar-refractivity contribution in [2.75, 3.05) is 0 Å². The standard InChI is InChI=1S/C22H21FN2O3/c1-22(2)10-17(22)18(26)7-6-13-8-15(12-24-11-13)19-20(28-21(27)25-19)14-4-3-5-16(23)9-14/h3-5,8-9,11-12,17-20,26H,10H2,1-2H3,(H,25,27)/t17?,18?,19-,20-/m1/s1. The van der Waals surface area contributed by atoms with Crippen LogP contribution in [0.2, 0.25) is 0 Å². The van der Waals surface area contributed by atoms with Gasteiger partial charge in [0.1, 0.15) is 18.0 Å². The van der Waals surface area contributed by atoms with Gasteiger partial charge in [0.15, 0.2) is 6.10 Å². The van der Waals surface area contributed by atoms with Gasteiger partial charge in [-0.05, 0) is 41.2 Å². The molecule has 1 aliphatic carbocycles. The number of hydrogen-bond donors (Lipinski definition) is 2. The van der Waals surface area contributed by atoms with E-state index in [4.69, 9.17) is 4.74 Å². The Morgan fingerprint density at radius 2 is 2.11 bits per heavy atom. The first-order valence-corrected chi connectivity index (χ1v) is 9.21. The van der Waals surface area contributed by atoms with Gasteiger partial charge >= 0.3 is 6.09 Å². The summed E-state index contributed by atoms with van der Waals surface area (Å²) in [6.45, 7) is 4.22. The Morgan fingerprint density at radius 1 is 1.32 bits per heavy atom. The maximum absolute atomic E-state index is 13.6. The van der Waals surface area contributed by atoms with E-state index in [1.54, 1.807) is 30.6 Å². The number of nitrogens with zero attached hydrogens (tertiary/aromatic N) is 1. The summed E-state index contributed by atoms with van der Waals surface area (Å²) in [6, 6.07) is 7.28. The van der Waals surface area contributed by atoms with E-state index >= 15 is 0 Å². The van der Waals surface area contributed by atoms with Crippen molar-refractivity contribution >= 4 is 6.09 Å². The number of benzene rings is 1. The van der Waals surface area contributed by atoms with Crippen LogP contribution in [-0.4, -0.2) is 22.3 Å². The lowest BCUT2D eigenvalue weighted by Crippen LogP contribution is -2.20. The zero-order valence-corrected chi connectivity index (χ0v) is 15.6. The molecule has 2 heterocycles. The van der Waals surface area contributed by atoms with Crippen LogP contribution in [0, 0.1) is 29.0 Å². The van der Waals surface area contributed by atoms with E-state index in [9.17, 15) is 14.3 Å². The highest BCUT2D eigenvalue weighted by Crippen LogP contribution is 2.53. The van der Waals surface area contributed by atoms with Crippen molar-refractivity contribution in [3.05, 3.63) is 65.2 Å². The summed E-state index contributed by atoms with van der Waals surface area (Å²) in [6.07, 6.45) is 2.29. The van der Waals surface area contributed by atoms with E-state index in [-0.39, 0.29) is 11.3 Å². The molecule has 4 rings (SSSR count). The van der Waals surface area contributed by atoms with Crippen molar-refractivity contribution in [1.29, 1.82) is 0 Å². The number of cyclic esters (lactones) is 1. The molecule has 6 heteroatoms. The molecule has 0 radical (unpaired) electrons. The number of nitrogens with one attached hydrogen (secondary N) is 1. The summed E-state index contributed by atoms with van der Waals surface area (Å²) < 4.78 is 18.9. The summed E-state index contributed by atoms with van der Waals surface area (Å²) in [5.74, 6) is 5.65. The number of amides is 1. The van der Waals surface area contributed by atoms with Gasteiger partial charge in [0, 0.05) is 23.9 Å². The van der Waals surface area contributed by atoms with Crippen molar-refractivity contribution in [1.82, 2.24) is 10.3 Å². The minimum absolute atomic E-state index is 0.137. The summed E-state index contributed by atoms with van der Waals surface area (Å²) >= 11 is 0. The van der Waals surface area contributed by atoms with Gasteiger partial charge in [0.25, 0.3) is 0 Å². The molecule has 2 N–H and O–H groups in total. The number of carbonyl (C=O) groups is 1. The van der Waals surface area contributed by atoms with Crippen LogP contribution < -0.4 is 5.32 Å². The lowest BCUT2D eigenvalue weighted by molar-refractivity contribution is 0.132. The zero-order chi connectivity index (χ0) is 19.9. The molecule has 1 aromatic carbocycles. The Morgan fingerprint density at radius 3 is 2.82 bits per heavy atom. The highest BCUT2D eigenvalue weighted by molar-refractivity contribution is 5.71. The fraction of sp³-hybridized carbons (Fsp3) is 0.364. The van der Waals surface area contributed by atoms with Crippen LogP contribution in [0.1, 0.15) is 49.1 Å². The highest BCUT2D eigenvalue weighted by Gasteiger charge is 2.49. The lowest BCUT2D eigenvalue weighted by Gasteiger charge is -2.17. The van der Waals surface area contributed by atoms with Gasteiger partial charge < -0.3 is 15.2 Å². The predicted octanol–water partition coefficient (Wildman–Crippen LogP) is 3.50. The second kappa shape index (κ2) is 6.92. The Hall–Kier alpha value is -2.91. The van der Waals surface area contributed by atoms with Gasteiger partial charge in [-0.25, -0.2) is 9.18 Å². The molecule has 2 aliphatic rings. The van der Waals surface area contributed by atoms with Gasteiger partial charge in [-0.2, -0.15) is 0 Å². The fourth-order valence-corrected chi connectivity index (χ4v) is 3.62. The van der Waals surface area contributed by atoms with Gasteiger partial charge in [-0.3, -0.25) is 4.98 Å². The minimum Gasteiger partial charge on any atom is -0.439 e. The third-order valence-corrected chi connectivity index (χ3v) is 5.44. The van der Waals surface area contributed by atoms with Crippen molar-refractivity contribution in [3.63, 3.8) is 0 Å².